The molecule has 0 aliphatic carbocycles. The highest BCUT2D eigenvalue weighted by atomic mass is 16.5. The number of pyridine rings is 1. The van der Waals surface area contributed by atoms with Gasteiger partial charge in [0.2, 0.25) is 0 Å². The van der Waals surface area contributed by atoms with Crippen LogP contribution in [0.3, 0.4) is 0 Å². The Labute approximate surface area is 117 Å². The number of aromatic nitrogens is 3. The smallest absolute Gasteiger partial charge is 0.169 e. The molecule has 0 aliphatic heterocycles. The summed E-state index contributed by atoms with van der Waals surface area (Å²) in [5.74, 6) is 2.22. The van der Waals surface area contributed by atoms with Gasteiger partial charge in [-0.2, -0.15) is 5.26 Å². The maximum absolute atomic E-state index is 8.49. The Kier molecular flexibility index (Phi) is 4.95. The minimum absolute atomic E-state index is 0.495. The van der Waals surface area contributed by atoms with E-state index in [1.165, 1.54) is 0 Å². The molecule has 2 N–H and O–H groups in total. The van der Waals surface area contributed by atoms with Gasteiger partial charge in [0.1, 0.15) is 5.82 Å². The van der Waals surface area contributed by atoms with Crippen molar-refractivity contribution in [3.8, 4) is 11.8 Å². The fourth-order valence-electron chi connectivity index (χ4n) is 1.70. The summed E-state index contributed by atoms with van der Waals surface area (Å²) < 4.78 is 5.63. The van der Waals surface area contributed by atoms with Gasteiger partial charge in [0.15, 0.2) is 11.6 Å². The lowest BCUT2D eigenvalue weighted by Gasteiger charge is -2.10. The first-order valence-corrected chi connectivity index (χ1v) is 6.48. The summed E-state index contributed by atoms with van der Waals surface area (Å²) in [6.07, 6.45) is 4.70. The number of imidazole rings is 1. The van der Waals surface area contributed by atoms with Crippen LogP contribution in [-0.4, -0.2) is 21.6 Å². The van der Waals surface area contributed by atoms with Crippen LogP contribution in [0.4, 0.5) is 5.82 Å². The number of aryl methyl sites for hydroxylation is 1. The van der Waals surface area contributed by atoms with Crippen molar-refractivity contribution < 1.29 is 4.74 Å². The number of ether oxygens (including phenoxy) is 1. The predicted molar refractivity (Wildman–Crippen MR) is 75.2 cm³/mol. The number of nitrogens with one attached hydrogen (secondary N) is 2. The third-order valence-electron chi connectivity index (χ3n) is 2.64. The molecule has 6 nitrogen and oxygen atoms in total. The molecule has 0 aliphatic rings. The zero-order valence-electron chi connectivity index (χ0n) is 11.4. The molecular weight excluding hydrogens is 254 g/mol. The van der Waals surface area contributed by atoms with Crippen molar-refractivity contribution >= 4 is 5.82 Å². The van der Waals surface area contributed by atoms with Gasteiger partial charge in [0, 0.05) is 24.5 Å². The lowest BCUT2D eigenvalue weighted by atomic mass is 10.3. The second-order valence-corrected chi connectivity index (χ2v) is 4.33. The Morgan fingerprint density at radius 1 is 1.45 bits per heavy atom. The minimum Gasteiger partial charge on any atom is -0.490 e. The maximum Gasteiger partial charge on any atom is 0.169 e. The third kappa shape index (κ3) is 3.99. The molecule has 0 saturated carbocycles. The van der Waals surface area contributed by atoms with Crippen LogP contribution in [0, 0.1) is 18.3 Å². The van der Waals surface area contributed by atoms with E-state index in [1.807, 2.05) is 19.1 Å². The third-order valence-corrected chi connectivity index (χ3v) is 2.64. The largest absolute Gasteiger partial charge is 0.490 e. The minimum atomic E-state index is 0.495. The maximum atomic E-state index is 8.49. The Morgan fingerprint density at radius 2 is 2.35 bits per heavy atom. The van der Waals surface area contributed by atoms with Gasteiger partial charge in [0.25, 0.3) is 0 Å². The van der Waals surface area contributed by atoms with E-state index in [-0.39, 0.29) is 0 Å². The molecule has 20 heavy (non-hydrogen) atoms. The zero-order valence-corrected chi connectivity index (χ0v) is 11.4. The molecule has 2 aromatic heterocycles. The van der Waals surface area contributed by atoms with E-state index in [0.717, 1.165) is 11.5 Å². The van der Waals surface area contributed by atoms with E-state index in [4.69, 9.17) is 10.00 Å². The molecule has 0 unspecified atom stereocenters. The summed E-state index contributed by atoms with van der Waals surface area (Å²) in [5.41, 5.74) is 1.02. The number of nitriles is 1. The van der Waals surface area contributed by atoms with Gasteiger partial charge in [-0.05, 0) is 25.5 Å². The van der Waals surface area contributed by atoms with Crippen LogP contribution in [0.15, 0.2) is 24.5 Å². The van der Waals surface area contributed by atoms with Crippen molar-refractivity contribution in [2.45, 2.75) is 26.3 Å². The van der Waals surface area contributed by atoms with Crippen LogP contribution in [0.1, 0.15) is 24.4 Å². The Hall–Kier alpha value is -2.55. The van der Waals surface area contributed by atoms with E-state index in [0.29, 0.717) is 37.6 Å². The standard InChI is InChI=1S/C14H17N5O/c1-11-9-17-13(19-11)10-18-14-12(5-4-7-16-14)20-8-3-2-6-15/h4-5,7,9H,2-3,8,10H2,1H3,(H,16,18)(H,17,19). The van der Waals surface area contributed by atoms with E-state index < -0.39 is 0 Å². The second-order valence-electron chi connectivity index (χ2n) is 4.33. The summed E-state index contributed by atoms with van der Waals surface area (Å²) in [6, 6.07) is 5.77. The molecule has 0 amide bonds. The first-order chi connectivity index (χ1) is 9.79. The van der Waals surface area contributed by atoms with Gasteiger partial charge in [-0.25, -0.2) is 9.97 Å². The molecule has 6 heteroatoms. The number of hydrogen-bond donors (Lipinski definition) is 2. The molecule has 2 heterocycles. The molecule has 2 aromatic rings. The fourth-order valence-corrected chi connectivity index (χ4v) is 1.70. The average Bonchev–Trinajstić information content (AvgIpc) is 2.88. The summed E-state index contributed by atoms with van der Waals surface area (Å²) in [4.78, 5) is 11.6. The molecule has 0 spiro atoms. The van der Waals surface area contributed by atoms with Crippen molar-refractivity contribution in [1.29, 1.82) is 5.26 Å². The molecule has 0 bridgehead atoms. The van der Waals surface area contributed by atoms with Crippen molar-refractivity contribution in [1.82, 2.24) is 15.0 Å². The zero-order chi connectivity index (χ0) is 14.2. The molecule has 0 atom stereocenters. The lowest BCUT2D eigenvalue weighted by Crippen LogP contribution is -2.06. The van der Waals surface area contributed by atoms with Crippen LogP contribution in [0.2, 0.25) is 0 Å². The first kappa shape index (κ1) is 13.9. The van der Waals surface area contributed by atoms with Gasteiger partial charge in [-0.1, -0.05) is 0 Å². The van der Waals surface area contributed by atoms with Crippen LogP contribution in [0.5, 0.6) is 5.75 Å². The van der Waals surface area contributed by atoms with Crippen molar-refractivity contribution in [2.24, 2.45) is 0 Å². The molecule has 0 aromatic carbocycles. The number of rotatable bonds is 7. The number of nitrogens with zero attached hydrogens (tertiary/aromatic N) is 3. The lowest BCUT2D eigenvalue weighted by molar-refractivity contribution is 0.313. The average molecular weight is 271 g/mol. The van der Waals surface area contributed by atoms with E-state index >= 15 is 0 Å². The van der Waals surface area contributed by atoms with E-state index in [9.17, 15) is 0 Å². The number of anilines is 1. The van der Waals surface area contributed by atoms with Crippen molar-refractivity contribution in [2.75, 3.05) is 11.9 Å². The number of unbranched alkanes of at least 4 members (excludes halogenated alkanes) is 1. The monoisotopic (exact) mass is 271 g/mol. The van der Waals surface area contributed by atoms with Gasteiger partial charge in [-0.15, -0.1) is 0 Å². The normalized spacial score (nSPS) is 10.0. The molecule has 0 saturated heterocycles. The first-order valence-electron chi connectivity index (χ1n) is 6.48. The van der Waals surface area contributed by atoms with Crippen LogP contribution >= 0.6 is 0 Å². The fraction of sp³-hybridized carbons (Fsp3) is 0.357. The van der Waals surface area contributed by atoms with Crippen molar-refractivity contribution in [3.63, 3.8) is 0 Å². The van der Waals surface area contributed by atoms with Gasteiger partial charge < -0.3 is 15.0 Å². The number of aromatic amines is 1. The second kappa shape index (κ2) is 7.14. The highest BCUT2D eigenvalue weighted by molar-refractivity contribution is 5.49. The Balaban J connectivity index is 1.91. The Bertz CT molecular complexity index is 587. The predicted octanol–water partition coefficient (Wildman–Crippen LogP) is 2.41. The van der Waals surface area contributed by atoms with E-state index in [2.05, 4.69) is 26.3 Å². The summed E-state index contributed by atoms with van der Waals surface area (Å²) in [5, 5.41) is 11.7. The summed E-state index contributed by atoms with van der Waals surface area (Å²) in [7, 11) is 0. The molecule has 0 fully saturated rings. The van der Waals surface area contributed by atoms with Crippen molar-refractivity contribution in [3.05, 3.63) is 36.0 Å². The van der Waals surface area contributed by atoms with Gasteiger partial charge in [-0.3, -0.25) is 0 Å². The highest BCUT2D eigenvalue weighted by Crippen LogP contribution is 2.21. The van der Waals surface area contributed by atoms with Crippen LogP contribution in [-0.2, 0) is 6.54 Å². The highest BCUT2D eigenvalue weighted by Gasteiger charge is 2.05. The van der Waals surface area contributed by atoms with Gasteiger partial charge >= 0.3 is 0 Å². The Morgan fingerprint density at radius 3 is 3.10 bits per heavy atom. The summed E-state index contributed by atoms with van der Waals surface area (Å²) in [6.45, 7) is 3.02. The number of H-pyrrole nitrogens is 1. The molecular formula is C14H17N5O. The SMILES string of the molecule is Cc1cnc(CNc2ncccc2OCCCC#N)[nH]1. The molecule has 0 radical (unpaired) electrons. The topological polar surface area (TPSA) is 86.6 Å². The van der Waals surface area contributed by atoms with Gasteiger partial charge in [0.05, 0.1) is 19.2 Å². The van der Waals surface area contributed by atoms with Crippen LogP contribution < -0.4 is 10.1 Å². The quantitative estimate of drug-likeness (QED) is 0.755. The molecule has 2 rings (SSSR count). The van der Waals surface area contributed by atoms with Crippen LogP contribution in [0.25, 0.3) is 0 Å². The molecule has 104 valence electrons. The number of hydrogen-bond acceptors (Lipinski definition) is 5. The van der Waals surface area contributed by atoms with E-state index in [1.54, 1.807) is 12.4 Å². The summed E-state index contributed by atoms with van der Waals surface area (Å²) >= 11 is 0.